The molecule has 1 saturated carbocycles. The van der Waals surface area contributed by atoms with Crippen molar-refractivity contribution in [2.24, 2.45) is 10.8 Å². The Kier molecular flexibility index (Phi) is 2.70. The van der Waals surface area contributed by atoms with Gasteiger partial charge in [-0.1, -0.05) is 79.7 Å². The predicted molar refractivity (Wildman–Crippen MR) is 102 cm³/mol. The molecule has 1 aromatic carbocycles. The summed E-state index contributed by atoms with van der Waals surface area (Å²) in [5.74, 6) is 0. The van der Waals surface area contributed by atoms with E-state index in [1.807, 2.05) is 0 Å². The summed E-state index contributed by atoms with van der Waals surface area (Å²) in [4.78, 5) is 0. The molecule has 1 aromatic rings. The van der Waals surface area contributed by atoms with Crippen LogP contribution in [-0.4, -0.2) is 9.49 Å². The molecule has 1 heteroatoms. The van der Waals surface area contributed by atoms with Crippen LogP contribution in [0.1, 0.15) is 79.4 Å². The van der Waals surface area contributed by atoms with Crippen LogP contribution in [0.5, 0.6) is 0 Å². The van der Waals surface area contributed by atoms with Crippen LogP contribution in [-0.2, 0) is 10.8 Å². The molecule has 0 radical (unpaired) electrons. The molecule has 4 rings (SSSR count). The summed E-state index contributed by atoms with van der Waals surface area (Å²) < 4.78 is 0.680. The molecule has 2 aliphatic carbocycles. The summed E-state index contributed by atoms with van der Waals surface area (Å²) in [7, 11) is 0. The van der Waals surface area contributed by atoms with Crippen LogP contribution >= 0.6 is 11.8 Å². The van der Waals surface area contributed by atoms with E-state index in [0.29, 0.717) is 20.3 Å². The second kappa shape index (κ2) is 3.87. The normalized spacial score (nSPS) is 32.2. The minimum atomic E-state index is 0.219. The Hall–Kier alpha value is -0.430. The third-order valence-electron chi connectivity index (χ3n) is 8.08. The molecular weight excluding hydrogens is 296 g/mol. The number of hydrogen-bond donors (Lipinski definition) is 0. The Morgan fingerprint density at radius 3 is 1.43 bits per heavy atom. The number of hydrogen-bond acceptors (Lipinski definition) is 1. The highest BCUT2D eigenvalue weighted by molar-refractivity contribution is 8.10. The summed E-state index contributed by atoms with van der Waals surface area (Å²) in [5.41, 5.74) is 4.42. The lowest BCUT2D eigenvalue weighted by Gasteiger charge is -2.47. The molecule has 0 unspecified atom stereocenters. The number of benzene rings is 1. The fourth-order valence-electron chi connectivity index (χ4n) is 7.20. The first-order valence-electron chi connectivity index (χ1n) is 9.19. The molecule has 1 aliphatic heterocycles. The van der Waals surface area contributed by atoms with E-state index in [1.54, 1.807) is 11.1 Å². The molecule has 0 amide bonds. The van der Waals surface area contributed by atoms with Gasteiger partial charge in [-0.25, -0.2) is 0 Å². The fourth-order valence-corrected chi connectivity index (χ4v) is 10.2. The Morgan fingerprint density at radius 1 is 0.652 bits per heavy atom. The smallest absolute Gasteiger partial charge is 0.0506 e. The van der Waals surface area contributed by atoms with Gasteiger partial charge in [-0.15, -0.1) is 11.8 Å². The Labute approximate surface area is 146 Å². The standard InChI is InChI=1S/C22H32S/c1-17(2)13-14-18(3,4)21(17)22(23-21)19(5,6)15-11-9-10-12-16(15)20(22,7)8/h9-12H,13-14H2,1-8H3. The van der Waals surface area contributed by atoms with E-state index in [4.69, 9.17) is 0 Å². The fraction of sp³-hybridized carbons (Fsp3) is 0.727. The van der Waals surface area contributed by atoms with Crippen molar-refractivity contribution in [1.82, 2.24) is 0 Å². The lowest BCUT2D eigenvalue weighted by Crippen LogP contribution is -2.56. The summed E-state index contributed by atoms with van der Waals surface area (Å²) in [6.45, 7) is 20.2. The van der Waals surface area contributed by atoms with Crippen molar-refractivity contribution in [2.75, 3.05) is 0 Å². The van der Waals surface area contributed by atoms with Gasteiger partial charge in [0, 0.05) is 15.6 Å². The molecule has 0 nitrogen and oxygen atoms in total. The molecule has 23 heavy (non-hydrogen) atoms. The lowest BCUT2D eigenvalue weighted by atomic mass is 9.54. The van der Waals surface area contributed by atoms with Crippen LogP contribution in [0.2, 0.25) is 0 Å². The summed E-state index contributed by atoms with van der Waals surface area (Å²) >= 11 is 2.34. The van der Waals surface area contributed by atoms with E-state index in [0.717, 1.165) is 0 Å². The molecule has 0 N–H and O–H groups in total. The second-order valence-electron chi connectivity index (χ2n) is 10.5. The molecule has 126 valence electrons. The molecule has 2 spiro atoms. The zero-order chi connectivity index (χ0) is 17.1. The van der Waals surface area contributed by atoms with E-state index in [1.165, 1.54) is 12.8 Å². The van der Waals surface area contributed by atoms with Gasteiger partial charge in [0.2, 0.25) is 0 Å². The van der Waals surface area contributed by atoms with Crippen LogP contribution in [0.25, 0.3) is 0 Å². The van der Waals surface area contributed by atoms with Crippen molar-refractivity contribution in [2.45, 2.75) is 88.6 Å². The largest absolute Gasteiger partial charge is 0.142 e. The maximum atomic E-state index is 2.54. The highest BCUT2D eigenvalue weighted by Crippen LogP contribution is 2.91. The molecular formula is C22H32S. The topological polar surface area (TPSA) is 0 Å². The molecule has 0 atom stereocenters. The van der Waals surface area contributed by atoms with E-state index in [2.05, 4.69) is 91.4 Å². The van der Waals surface area contributed by atoms with E-state index < -0.39 is 0 Å². The van der Waals surface area contributed by atoms with E-state index in [-0.39, 0.29) is 10.8 Å². The van der Waals surface area contributed by atoms with Crippen molar-refractivity contribution in [3.8, 4) is 0 Å². The van der Waals surface area contributed by atoms with Gasteiger partial charge >= 0.3 is 0 Å². The molecule has 1 saturated heterocycles. The van der Waals surface area contributed by atoms with Gasteiger partial charge in [-0.3, -0.25) is 0 Å². The monoisotopic (exact) mass is 328 g/mol. The van der Waals surface area contributed by atoms with Crippen molar-refractivity contribution in [3.63, 3.8) is 0 Å². The number of fused-ring (bicyclic) bond motifs is 2. The summed E-state index contributed by atoms with van der Waals surface area (Å²) in [6.07, 6.45) is 2.72. The summed E-state index contributed by atoms with van der Waals surface area (Å²) in [5, 5.41) is 0. The highest BCUT2D eigenvalue weighted by Gasteiger charge is 2.90. The average Bonchev–Trinajstić information content (AvgIpc) is 3.14. The second-order valence-corrected chi connectivity index (χ2v) is 12.0. The van der Waals surface area contributed by atoms with Crippen LogP contribution in [0.15, 0.2) is 24.3 Å². The third-order valence-corrected chi connectivity index (χ3v) is 11.2. The van der Waals surface area contributed by atoms with Gasteiger partial charge in [0.15, 0.2) is 0 Å². The van der Waals surface area contributed by atoms with E-state index >= 15 is 0 Å². The molecule has 0 aromatic heterocycles. The van der Waals surface area contributed by atoms with Gasteiger partial charge in [0.1, 0.15) is 0 Å². The van der Waals surface area contributed by atoms with Crippen LogP contribution in [0.3, 0.4) is 0 Å². The average molecular weight is 329 g/mol. The maximum Gasteiger partial charge on any atom is 0.0506 e. The Morgan fingerprint density at radius 2 is 1.04 bits per heavy atom. The Bertz CT molecular complexity index is 639. The van der Waals surface area contributed by atoms with Gasteiger partial charge in [0.25, 0.3) is 0 Å². The molecule has 0 bridgehead atoms. The van der Waals surface area contributed by atoms with Crippen molar-refractivity contribution >= 4 is 11.8 Å². The van der Waals surface area contributed by atoms with Crippen LogP contribution in [0, 0.1) is 10.8 Å². The van der Waals surface area contributed by atoms with Crippen molar-refractivity contribution < 1.29 is 0 Å². The zero-order valence-corrected chi connectivity index (χ0v) is 16.9. The van der Waals surface area contributed by atoms with Crippen molar-refractivity contribution in [1.29, 1.82) is 0 Å². The Balaban J connectivity index is 2.02. The van der Waals surface area contributed by atoms with Gasteiger partial charge in [-0.05, 0) is 34.8 Å². The van der Waals surface area contributed by atoms with Crippen molar-refractivity contribution in [3.05, 3.63) is 35.4 Å². The predicted octanol–water partition coefficient (Wildman–Crippen LogP) is 6.33. The third kappa shape index (κ3) is 1.34. The lowest BCUT2D eigenvalue weighted by molar-refractivity contribution is 0.129. The zero-order valence-electron chi connectivity index (χ0n) is 16.1. The van der Waals surface area contributed by atoms with Gasteiger partial charge in [-0.2, -0.15) is 0 Å². The number of rotatable bonds is 0. The highest BCUT2D eigenvalue weighted by atomic mass is 32.2. The molecule has 2 fully saturated rings. The quantitative estimate of drug-likeness (QED) is 0.502. The molecule has 3 aliphatic rings. The van der Waals surface area contributed by atoms with Gasteiger partial charge < -0.3 is 0 Å². The number of thioether (sulfide) groups is 1. The minimum absolute atomic E-state index is 0.219. The van der Waals surface area contributed by atoms with Gasteiger partial charge in [0.05, 0.1) is 4.75 Å². The first-order valence-corrected chi connectivity index (χ1v) is 10.0. The van der Waals surface area contributed by atoms with Crippen LogP contribution < -0.4 is 0 Å². The minimum Gasteiger partial charge on any atom is -0.142 e. The van der Waals surface area contributed by atoms with E-state index in [9.17, 15) is 0 Å². The molecule has 1 heterocycles. The first-order chi connectivity index (χ1) is 10.4. The maximum absolute atomic E-state index is 2.54. The SMILES string of the molecule is CC1(C)CCC(C)(C)C12SC21C(C)(C)c2ccccc2C1(C)C. The first kappa shape index (κ1) is 16.1. The van der Waals surface area contributed by atoms with Crippen LogP contribution in [0.4, 0.5) is 0 Å². The summed E-state index contributed by atoms with van der Waals surface area (Å²) in [6, 6.07) is 9.27.